The van der Waals surface area contributed by atoms with Crippen molar-refractivity contribution in [2.75, 3.05) is 47.1 Å². The maximum absolute atomic E-state index is 13.3. The largest absolute Gasteiger partial charge is 0.496 e. The van der Waals surface area contributed by atoms with E-state index in [2.05, 4.69) is 0 Å². The van der Waals surface area contributed by atoms with E-state index >= 15 is 0 Å². The second kappa shape index (κ2) is 6.75. The van der Waals surface area contributed by atoms with Crippen molar-refractivity contribution in [2.24, 2.45) is 11.3 Å². The van der Waals surface area contributed by atoms with Gasteiger partial charge < -0.3 is 19.3 Å². The van der Waals surface area contributed by atoms with Crippen molar-refractivity contribution in [3.63, 3.8) is 0 Å². The first-order valence-corrected chi connectivity index (χ1v) is 9.73. The van der Waals surface area contributed by atoms with Crippen LogP contribution < -0.4 is 9.47 Å². The van der Waals surface area contributed by atoms with Crippen molar-refractivity contribution < 1.29 is 27.7 Å². The Bertz CT molecular complexity index is 750. The van der Waals surface area contributed by atoms with Gasteiger partial charge in [0, 0.05) is 31.2 Å². The smallest absolute Gasteiger partial charge is 0.246 e. The quantitative estimate of drug-likeness (QED) is 0.832. The number of fused-ring (bicyclic) bond motifs is 1. The van der Waals surface area contributed by atoms with Crippen molar-refractivity contribution in [1.82, 2.24) is 4.31 Å². The highest BCUT2D eigenvalue weighted by molar-refractivity contribution is 7.89. The standard InChI is InChI=1S/C17H25NO6S/c1-12-6-15(23-3)16(7-14(12)22-2)25(20,21)18-8-13-4-5-24-11-17(13,9-18)10-19/h6-7,13,19H,4-5,8-11H2,1-3H3/t13-,17+/m0/s1. The summed E-state index contributed by atoms with van der Waals surface area (Å²) in [4.78, 5) is 0.0881. The molecular formula is C17H25NO6S. The third-order valence-corrected chi connectivity index (χ3v) is 7.23. The molecule has 1 N–H and O–H groups in total. The third-order valence-electron chi connectivity index (χ3n) is 5.40. The summed E-state index contributed by atoms with van der Waals surface area (Å²) in [7, 11) is -0.816. The molecule has 0 amide bonds. The molecule has 140 valence electrons. The van der Waals surface area contributed by atoms with Crippen LogP contribution in [-0.2, 0) is 14.8 Å². The number of hydrogen-bond acceptors (Lipinski definition) is 6. The normalized spacial score (nSPS) is 27.1. The molecule has 2 heterocycles. The highest BCUT2D eigenvalue weighted by Gasteiger charge is 2.51. The van der Waals surface area contributed by atoms with E-state index in [1.54, 1.807) is 6.07 Å². The number of nitrogens with zero attached hydrogens (tertiary/aromatic N) is 1. The van der Waals surface area contributed by atoms with E-state index in [-0.39, 0.29) is 24.0 Å². The highest BCUT2D eigenvalue weighted by Crippen LogP contribution is 2.44. The van der Waals surface area contributed by atoms with Crippen molar-refractivity contribution in [2.45, 2.75) is 18.2 Å². The zero-order valence-corrected chi connectivity index (χ0v) is 15.6. The molecule has 1 aromatic rings. The highest BCUT2D eigenvalue weighted by atomic mass is 32.2. The summed E-state index contributed by atoms with van der Waals surface area (Å²) in [6, 6.07) is 3.17. The molecule has 2 atom stereocenters. The van der Waals surface area contributed by atoms with Gasteiger partial charge in [0.05, 0.1) is 27.4 Å². The molecule has 25 heavy (non-hydrogen) atoms. The molecule has 2 aliphatic rings. The number of benzene rings is 1. The summed E-state index contributed by atoms with van der Waals surface area (Å²) in [5.41, 5.74) is 0.279. The molecule has 0 saturated carbocycles. The average molecular weight is 371 g/mol. The molecule has 0 unspecified atom stereocenters. The molecule has 7 nitrogen and oxygen atoms in total. The molecule has 1 aromatic carbocycles. The third kappa shape index (κ3) is 3.01. The van der Waals surface area contributed by atoms with Gasteiger partial charge >= 0.3 is 0 Å². The lowest BCUT2D eigenvalue weighted by Crippen LogP contribution is -2.43. The van der Waals surface area contributed by atoms with Gasteiger partial charge in [0.1, 0.15) is 16.4 Å². The van der Waals surface area contributed by atoms with Gasteiger partial charge in [0.2, 0.25) is 10.0 Å². The number of aliphatic hydroxyl groups excluding tert-OH is 1. The van der Waals surface area contributed by atoms with Crippen LogP contribution in [0.15, 0.2) is 17.0 Å². The van der Waals surface area contributed by atoms with Crippen LogP contribution in [0.3, 0.4) is 0 Å². The summed E-state index contributed by atoms with van der Waals surface area (Å²) in [5, 5.41) is 9.88. The number of ether oxygens (including phenoxy) is 3. The van der Waals surface area contributed by atoms with Crippen molar-refractivity contribution in [3.05, 3.63) is 17.7 Å². The Kier molecular flexibility index (Phi) is 4.98. The van der Waals surface area contributed by atoms with Gasteiger partial charge in [-0.1, -0.05) is 0 Å². The van der Waals surface area contributed by atoms with Crippen molar-refractivity contribution in [1.29, 1.82) is 0 Å². The lowest BCUT2D eigenvalue weighted by atomic mass is 9.76. The Morgan fingerprint density at radius 3 is 2.64 bits per heavy atom. The Morgan fingerprint density at radius 2 is 2.04 bits per heavy atom. The van der Waals surface area contributed by atoms with E-state index in [9.17, 15) is 13.5 Å². The lowest BCUT2D eigenvalue weighted by Gasteiger charge is -2.36. The second-order valence-corrected chi connectivity index (χ2v) is 8.74. The monoisotopic (exact) mass is 371 g/mol. The van der Waals surface area contributed by atoms with Crippen LogP contribution in [0.2, 0.25) is 0 Å². The number of rotatable bonds is 5. The minimum atomic E-state index is -3.78. The van der Waals surface area contributed by atoms with E-state index in [1.165, 1.54) is 24.6 Å². The number of sulfonamides is 1. The van der Waals surface area contributed by atoms with E-state index in [0.29, 0.717) is 31.3 Å². The molecule has 2 aliphatic heterocycles. The fraction of sp³-hybridized carbons (Fsp3) is 0.647. The fourth-order valence-corrected chi connectivity index (χ4v) is 5.55. The molecule has 2 saturated heterocycles. The zero-order valence-electron chi connectivity index (χ0n) is 14.8. The molecule has 3 rings (SSSR count). The van der Waals surface area contributed by atoms with Crippen molar-refractivity contribution in [3.8, 4) is 11.5 Å². The number of aryl methyl sites for hydroxylation is 1. The van der Waals surface area contributed by atoms with Gasteiger partial charge in [-0.25, -0.2) is 8.42 Å². The van der Waals surface area contributed by atoms with E-state index in [4.69, 9.17) is 14.2 Å². The summed E-state index contributed by atoms with van der Waals surface area (Å²) in [6.07, 6.45) is 0.751. The first-order chi connectivity index (χ1) is 11.9. The van der Waals surface area contributed by atoms with Gasteiger partial charge in [0.15, 0.2) is 0 Å². The predicted octanol–water partition coefficient (Wildman–Crippen LogP) is 1.03. The van der Waals surface area contributed by atoms with E-state index in [1.807, 2.05) is 6.92 Å². The predicted molar refractivity (Wildman–Crippen MR) is 91.5 cm³/mol. The minimum Gasteiger partial charge on any atom is -0.496 e. The summed E-state index contributed by atoms with van der Waals surface area (Å²) < 4.78 is 44.1. The molecule has 0 radical (unpaired) electrons. The molecule has 0 bridgehead atoms. The Morgan fingerprint density at radius 1 is 1.32 bits per heavy atom. The van der Waals surface area contributed by atoms with Gasteiger partial charge in [0.25, 0.3) is 0 Å². The topological polar surface area (TPSA) is 85.3 Å². The van der Waals surface area contributed by atoms with Crippen molar-refractivity contribution >= 4 is 10.0 Å². The summed E-state index contributed by atoms with van der Waals surface area (Å²) in [6.45, 7) is 3.36. The molecular weight excluding hydrogens is 346 g/mol. The van der Waals surface area contributed by atoms with Gasteiger partial charge in [-0.15, -0.1) is 0 Å². The average Bonchev–Trinajstić information content (AvgIpc) is 3.02. The minimum absolute atomic E-state index is 0.0853. The maximum Gasteiger partial charge on any atom is 0.246 e. The Balaban J connectivity index is 2.00. The maximum atomic E-state index is 13.3. The van der Waals surface area contributed by atoms with Crippen LogP contribution in [0.5, 0.6) is 11.5 Å². The summed E-state index contributed by atoms with van der Waals surface area (Å²) in [5.74, 6) is 0.887. The van der Waals surface area contributed by atoms with Crippen LogP contribution in [0.25, 0.3) is 0 Å². The first-order valence-electron chi connectivity index (χ1n) is 8.29. The number of methoxy groups -OCH3 is 2. The van der Waals surface area contributed by atoms with E-state index < -0.39 is 15.4 Å². The van der Waals surface area contributed by atoms with Gasteiger partial charge in [-0.05, 0) is 30.9 Å². The van der Waals surface area contributed by atoms with Crippen LogP contribution in [-0.4, -0.2) is 65.0 Å². The Labute approximate surface area is 148 Å². The number of aliphatic hydroxyl groups is 1. The number of hydrogen-bond donors (Lipinski definition) is 1. The molecule has 0 aromatic heterocycles. The zero-order chi connectivity index (χ0) is 18.2. The Hall–Kier alpha value is -1.35. The fourth-order valence-electron chi connectivity index (χ4n) is 3.82. The summed E-state index contributed by atoms with van der Waals surface area (Å²) >= 11 is 0. The second-order valence-electron chi connectivity index (χ2n) is 6.83. The SMILES string of the molecule is COc1cc(S(=O)(=O)N2C[C@@H]3CCOC[C@]3(CO)C2)c(OC)cc1C. The van der Waals surface area contributed by atoms with Crippen LogP contribution in [0.1, 0.15) is 12.0 Å². The van der Waals surface area contributed by atoms with Gasteiger partial charge in [-0.2, -0.15) is 4.31 Å². The van der Waals surface area contributed by atoms with Gasteiger partial charge in [-0.3, -0.25) is 0 Å². The van der Waals surface area contributed by atoms with Crippen LogP contribution in [0, 0.1) is 18.3 Å². The lowest BCUT2D eigenvalue weighted by molar-refractivity contribution is -0.0552. The molecule has 0 aliphatic carbocycles. The first kappa shape index (κ1) is 18.4. The molecule has 0 spiro atoms. The molecule has 2 fully saturated rings. The van der Waals surface area contributed by atoms with E-state index in [0.717, 1.165) is 12.0 Å². The molecule has 8 heteroatoms. The van der Waals surface area contributed by atoms with Crippen LogP contribution >= 0.6 is 0 Å². The van der Waals surface area contributed by atoms with Crippen LogP contribution in [0.4, 0.5) is 0 Å².